The van der Waals surface area contributed by atoms with Gasteiger partial charge in [-0.05, 0) is 24.3 Å². The zero-order valence-electron chi connectivity index (χ0n) is 13.5. The SMILES string of the molecule is O=C(COc1cccc2nsnc12)NCCn1c(=O)oc2ccccc21. The quantitative estimate of drug-likeness (QED) is 0.556. The fraction of sp³-hybridized carbons (Fsp3) is 0.176. The van der Waals surface area contributed by atoms with Crippen LogP contribution in [-0.4, -0.2) is 32.4 Å². The first-order valence-corrected chi connectivity index (χ1v) is 8.64. The molecule has 0 bridgehead atoms. The minimum Gasteiger partial charge on any atom is -0.481 e. The van der Waals surface area contributed by atoms with Gasteiger partial charge < -0.3 is 14.5 Å². The fourth-order valence-electron chi connectivity index (χ4n) is 2.63. The van der Waals surface area contributed by atoms with Gasteiger partial charge in [-0.1, -0.05) is 18.2 Å². The number of aromatic nitrogens is 3. The van der Waals surface area contributed by atoms with Crippen LogP contribution in [-0.2, 0) is 11.3 Å². The Labute approximate surface area is 151 Å². The summed E-state index contributed by atoms with van der Waals surface area (Å²) in [4.78, 5) is 23.9. The maximum Gasteiger partial charge on any atom is 0.420 e. The van der Waals surface area contributed by atoms with Crippen molar-refractivity contribution in [1.29, 1.82) is 0 Å². The standard InChI is InChI=1S/C17H14N4O4S/c22-15(10-24-14-7-3-4-11-16(14)20-26-19-11)18-8-9-21-12-5-1-2-6-13(12)25-17(21)23/h1-7H,8-10H2,(H,18,22). The van der Waals surface area contributed by atoms with Crippen molar-refractivity contribution in [2.75, 3.05) is 13.2 Å². The molecule has 2 aromatic heterocycles. The normalized spacial score (nSPS) is 11.1. The molecule has 0 fully saturated rings. The van der Waals surface area contributed by atoms with Crippen molar-refractivity contribution >= 4 is 39.8 Å². The summed E-state index contributed by atoms with van der Waals surface area (Å²) < 4.78 is 20.4. The van der Waals surface area contributed by atoms with E-state index in [0.717, 1.165) is 17.2 Å². The predicted molar refractivity (Wildman–Crippen MR) is 96.4 cm³/mol. The lowest BCUT2D eigenvalue weighted by Crippen LogP contribution is -2.33. The number of benzene rings is 2. The minimum atomic E-state index is -0.445. The molecule has 0 radical (unpaired) electrons. The molecule has 0 aliphatic heterocycles. The summed E-state index contributed by atoms with van der Waals surface area (Å²) >= 11 is 1.09. The molecule has 1 amide bonds. The molecule has 8 nitrogen and oxygen atoms in total. The summed E-state index contributed by atoms with van der Waals surface area (Å²) in [5.74, 6) is -0.214. The van der Waals surface area contributed by atoms with E-state index in [1.54, 1.807) is 30.3 Å². The number of ether oxygens (including phenoxy) is 1. The topological polar surface area (TPSA) is 99.2 Å². The van der Waals surface area contributed by atoms with Gasteiger partial charge in [-0.2, -0.15) is 8.75 Å². The molecule has 0 saturated heterocycles. The number of nitrogens with zero attached hydrogens (tertiary/aromatic N) is 3. The Bertz CT molecular complexity index is 1130. The second-order valence-corrected chi connectivity index (χ2v) is 6.04. The average Bonchev–Trinajstić information content (AvgIpc) is 3.25. The van der Waals surface area contributed by atoms with Gasteiger partial charge in [0.1, 0.15) is 16.8 Å². The Morgan fingerprint density at radius 1 is 1.19 bits per heavy atom. The van der Waals surface area contributed by atoms with Crippen LogP contribution in [0.4, 0.5) is 0 Å². The van der Waals surface area contributed by atoms with E-state index >= 15 is 0 Å². The van der Waals surface area contributed by atoms with Crippen molar-refractivity contribution < 1.29 is 13.9 Å². The number of rotatable bonds is 6. The number of oxazole rings is 1. The largest absolute Gasteiger partial charge is 0.481 e. The highest BCUT2D eigenvalue weighted by Crippen LogP contribution is 2.23. The van der Waals surface area contributed by atoms with E-state index in [9.17, 15) is 9.59 Å². The first-order chi connectivity index (χ1) is 12.7. The minimum absolute atomic E-state index is 0.141. The van der Waals surface area contributed by atoms with Gasteiger partial charge in [0.25, 0.3) is 5.91 Å². The van der Waals surface area contributed by atoms with E-state index in [-0.39, 0.29) is 19.1 Å². The number of carbonyl (C=O) groups excluding carboxylic acids is 1. The van der Waals surface area contributed by atoms with Crippen LogP contribution in [0, 0.1) is 0 Å². The van der Waals surface area contributed by atoms with E-state index in [0.29, 0.717) is 28.9 Å². The van der Waals surface area contributed by atoms with Crippen molar-refractivity contribution in [2.24, 2.45) is 0 Å². The number of nitrogens with one attached hydrogen (secondary N) is 1. The summed E-state index contributed by atoms with van der Waals surface area (Å²) in [7, 11) is 0. The highest BCUT2D eigenvalue weighted by Gasteiger charge is 2.10. The lowest BCUT2D eigenvalue weighted by Gasteiger charge is -2.08. The second kappa shape index (κ2) is 6.96. The number of para-hydroxylation sites is 2. The molecule has 4 rings (SSSR count). The summed E-state index contributed by atoms with van der Waals surface area (Å²) in [6.07, 6.45) is 0. The lowest BCUT2D eigenvalue weighted by atomic mass is 10.3. The van der Waals surface area contributed by atoms with Gasteiger partial charge >= 0.3 is 5.76 Å². The van der Waals surface area contributed by atoms with E-state index in [1.807, 2.05) is 12.1 Å². The van der Waals surface area contributed by atoms with Crippen LogP contribution in [0.15, 0.2) is 51.7 Å². The molecule has 0 unspecified atom stereocenters. The molecular formula is C17H14N4O4S. The van der Waals surface area contributed by atoms with Crippen molar-refractivity contribution in [3.63, 3.8) is 0 Å². The second-order valence-electron chi connectivity index (χ2n) is 5.51. The average molecular weight is 370 g/mol. The van der Waals surface area contributed by atoms with Crippen molar-refractivity contribution in [3.8, 4) is 5.75 Å². The van der Waals surface area contributed by atoms with Crippen LogP contribution >= 0.6 is 11.7 Å². The van der Waals surface area contributed by atoms with Crippen LogP contribution in [0.2, 0.25) is 0 Å². The van der Waals surface area contributed by atoms with Gasteiger partial charge in [0.05, 0.1) is 17.2 Å². The molecule has 26 heavy (non-hydrogen) atoms. The van der Waals surface area contributed by atoms with Crippen LogP contribution in [0.25, 0.3) is 22.1 Å². The predicted octanol–water partition coefficient (Wildman–Crippen LogP) is 1.79. The fourth-order valence-corrected chi connectivity index (χ4v) is 3.17. The third-order valence-electron chi connectivity index (χ3n) is 3.84. The Kier molecular flexibility index (Phi) is 4.36. The van der Waals surface area contributed by atoms with Gasteiger partial charge in [-0.3, -0.25) is 9.36 Å². The van der Waals surface area contributed by atoms with Crippen LogP contribution in [0.3, 0.4) is 0 Å². The molecule has 2 aromatic carbocycles. The zero-order chi connectivity index (χ0) is 17.9. The third-order valence-corrected chi connectivity index (χ3v) is 4.38. The van der Waals surface area contributed by atoms with Gasteiger partial charge in [0.15, 0.2) is 12.2 Å². The molecule has 132 valence electrons. The molecule has 1 N–H and O–H groups in total. The number of amides is 1. The first kappa shape index (κ1) is 16.3. The van der Waals surface area contributed by atoms with Crippen LogP contribution in [0.5, 0.6) is 5.75 Å². The maximum atomic E-state index is 12.0. The molecule has 9 heteroatoms. The van der Waals surface area contributed by atoms with E-state index in [1.165, 1.54) is 4.57 Å². The smallest absolute Gasteiger partial charge is 0.420 e. The molecule has 0 aliphatic carbocycles. The molecular weight excluding hydrogens is 356 g/mol. The molecule has 0 spiro atoms. The monoisotopic (exact) mass is 370 g/mol. The summed E-state index contributed by atoms with van der Waals surface area (Å²) in [6, 6.07) is 12.5. The summed E-state index contributed by atoms with van der Waals surface area (Å²) in [5, 5.41) is 2.73. The van der Waals surface area contributed by atoms with E-state index in [4.69, 9.17) is 9.15 Å². The Morgan fingerprint density at radius 3 is 3.00 bits per heavy atom. The van der Waals surface area contributed by atoms with Gasteiger partial charge in [0, 0.05) is 13.1 Å². The Balaban J connectivity index is 1.33. The van der Waals surface area contributed by atoms with Crippen molar-refractivity contribution in [2.45, 2.75) is 6.54 Å². The highest BCUT2D eigenvalue weighted by atomic mass is 32.1. The molecule has 2 heterocycles. The van der Waals surface area contributed by atoms with Crippen LogP contribution in [0.1, 0.15) is 0 Å². The molecule has 4 aromatic rings. The Morgan fingerprint density at radius 2 is 2.08 bits per heavy atom. The van der Waals surface area contributed by atoms with Gasteiger partial charge in [0.2, 0.25) is 0 Å². The van der Waals surface area contributed by atoms with Crippen molar-refractivity contribution in [1.82, 2.24) is 18.6 Å². The Hall–Kier alpha value is -3.20. The maximum absolute atomic E-state index is 12.0. The number of carbonyl (C=O) groups is 1. The van der Waals surface area contributed by atoms with Crippen molar-refractivity contribution in [3.05, 3.63) is 53.0 Å². The number of hydrogen-bond acceptors (Lipinski definition) is 7. The number of fused-ring (bicyclic) bond motifs is 2. The van der Waals surface area contributed by atoms with E-state index < -0.39 is 5.76 Å². The summed E-state index contributed by atoms with van der Waals surface area (Å²) in [6.45, 7) is 0.457. The van der Waals surface area contributed by atoms with Gasteiger partial charge in [-0.25, -0.2) is 4.79 Å². The van der Waals surface area contributed by atoms with Crippen LogP contribution < -0.4 is 15.8 Å². The third kappa shape index (κ3) is 3.16. The lowest BCUT2D eigenvalue weighted by molar-refractivity contribution is -0.123. The number of hydrogen-bond donors (Lipinski definition) is 1. The van der Waals surface area contributed by atoms with E-state index in [2.05, 4.69) is 14.1 Å². The highest BCUT2D eigenvalue weighted by molar-refractivity contribution is 7.00. The van der Waals surface area contributed by atoms with Gasteiger partial charge in [-0.15, -0.1) is 0 Å². The molecule has 0 aliphatic rings. The first-order valence-electron chi connectivity index (χ1n) is 7.91. The zero-order valence-corrected chi connectivity index (χ0v) is 14.4. The summed E-state index contributed by atoms with van der Waals surface area (Å²) in [5.41, 5.74) is 2.60. The molecule has 0 atom stereocenters. The molecule has 0 saturated carbocycles.